The smallest absolute Gasteiger partial charge is 0.0659 e. The maximum Gasteiger partial charge on any atom is 0.0659 e. The predicted octanol–water partition coefficient (Wildman–Crippen LogP) is 4.46. The van der Waals surface area contributed by atoms with E-state index >= 15 is 0 Å². The van der Waals surface area contributed by atoms with E-state index in [0.29, 0.717) is 0 Å². The zero-order chi connectivity index (χ0) is 15.2. The Kier molecular flexibility index (Phi) is 4.83. The van der Waals surface area contributed by atoms with Gasteiger partial charge < -0.3 is 5.41 Å². The summed E-state index contributed by atoms with van der Waals surface area (Å²) in [6.45, 7) is 9.59. The Morgan fingerprint density at radius 1 is 1.05 bits per heavy atom. The molecule has 1 N–H and O–H groups in total. The summed E-state index contributed by atoms with van der Waals surface area (Å²) in [5, 5.41) is 7.47. The quantitative estimate of drug-likeness (QED) is 0.777. The monoisotopic (exact) mass is 276 g/mol. The van der Waals surface area contributed by atoms with E-state index in [1.54, 1.807) is 6.08 Å². The molecule has 1 heterocycles. The van der Waals surface area contributed by atoms with Gasteiger partial charge in [0.15, 0.2) is 0 Å². The first-order chi connectivity index (χ1) is 10.2. The van der Waals surface area contributed by atoms with Crippen molar-refractivity contribution in [1.29, 1.82) is 5.41 Å². The molecule has 0 aliphatic heterocycles. The second kappa shape index (κ2) is 6.80. The first-order valence-corrected chi connectivity index (χ1v) is 7.02. The highest BCUT2D eigenvalue weighted by atomic mass is 14.7. The largest absolute Gasteiger partial charge is 0.308 e. The van der Waals surface area contributed by atoms with Crippen LogP contribution in [0.5, 0.6) is 0 Å². The topological polar surface area (TPSA) is 36.7 Å². The molecule has 106 valence electrons. The number of hydrogen-bond acceptors (Lipinski definition) is 2. The van der Waals surface area contributed by atoms with Gasteiger partial charge in [-0.15, -0.1) is 0 Å². The number of nitrogens with zero attached hydrogens (tertiary/aromatic N) is 1. The van der Waals surface area contributed by atoms with E-state index in [9.17, 15) is 0 Å². The van der Waals surface area contributed by atoms with Crippen molar-refractivity contribution in [2.75, 3.05) is 0 Å². The highest BCUT2D eigenvalue weighted by molar-refractivity contribution is 5.83. The highest BCUT2D eigenvalue weighted by Gasteiger charge is 2.04. The van der Waals surface area contributed by atoms with E-state index in [0.717, 1.165) is 35.4 Å². The Morgan fingerprint density at radius 2 is 1.86 bits per heavy atom. The predicted molar refractivity (Wildman–Crippen MR) is 90.9 cm³/mol. The first-order valence-electron chi connectivity index (χ1n) is 7.02. The standard InChI is InChI=1S/C19H20N2/c1-4-16-10-7-15(12-18(16)13-20)8-11-17-9-6-14(3)21-19(17)5-2/h4-7,9-10,12-13,20H,1-2,8,11H2,3H3. The average molecular weight is 276 g/mol. The van der Waals surface area contributed by atoms with E-state index in [1.807, 2.05) is 25.1 Å². The van der Waals surface area contributed by atoms with Crippen LogP contribution in [0.3, 0.4) is 0 Å². The van der Waals surface area contributed by atoms with Gasteiger partial charge in [-0.2, -0.15) is 0 Å². The third kappa shape index (κ3) is 3.54. The Bertz CT molecular complexity index is 684. The number of aromatic nitrogens is 1. The zero-order valence-corrected chi connectivity index (χ0v) is 12.4. The second-order valence-corrected chi connectivity index (χ2v) is 5.01. The Balaban J connectivity index is 2.18. The fourth-order valence-corrected chi connectivity index (χ4v) is 2.36. The van der Waals surface area contributed by atoms with Crippen LogP contribution < -0.4 is 0 Å². The third-order valence-electron chi connectivity index (χ3n) is 3.55. The van der Waals surface area contributed by atoms with E-state index in [-0.39, 0.29) is 0 Å². The molecular weight excluding hydrogens is 256 g/mol. The molecule has 0 unspecified atom stereocenters. The molecule has 0 aliphatic rings. The fraction of sp³-hybridized carbons (Fsp3) is 0.158. The van der Waals surface area contributed by atoms with Crippen LogP contribution in [-0.2, 0) is 12.8 Å². The lowest BCUT2D eigenvalue weighted by Gasteiger charge is -2.08. The molecule has 1 aromatic heterocycles. The van der Waals surface area contributed by atoms with Crippen molar-refractivity contribution in [3.63, 3.8) is 0 Å². The lowest BCUT2D eigenvalue weighted by Crippen LogP contribution is -1.99. The van der Waals surface area contributed by atoms with Crippen molar-refractivity contribution >= 4 is 18.4 Å². The van der Waals surface area contributed by atoms with Gasteiger partial charge in [-0.05, 0) is 60.2 Å². The van der Waals surface area contributed by atoms with Crippen LogP contribution in [0.4, 0.5) is 0 Å². The molecule has 2 heteroatoms. The number of nitrogens with one attached hydrogen (secondary N) is 1. The van der Waals surface area contributed by atoms with Gasteiger partial charge in [-0.1, -0.05) is 37.4 Å². The van der Waals surface area contributed by atoms with Crippen LogP contribution >= 0.6 is 0 Å². The van der Waals surface area contributed by atoms with Gasteiger partial charge in [-0.3, -0.25) is 4.98 Å². The van der Waals surface area contributed by atoms with Gasteiger partial charge in [0, 0.05) is 11.9 Å². The van der Waals surface area contributed by atoms with Gasteiger partial charge >= 0.3 is 0 Å². The molecule has 0 aliphatic carbocycles. The van der Waals surface area contributed by atoms with Crippen LogP contribution in [0.25, 0.3) is 12.2 Å². The normalized spacial score (nSPS) is 10.1. The molecule has 2 rings (SSSR count). The minimum Gasteiger partial charge on any atom is -0.308 e. The van der Waals surface area contributed by atoms with E-state index in [1.165, 1.54) is 17.3 Å². The zero-order valence-electron chi connectivity index (χ0n) is 12.4. The van der Waals surface area contributed by atoms with Crippen molar-refractivity contribution in [3.8, 4) is 0 Å². The lowest BCUT2D eigenvalue weighted by molar-refractivity contribution is 0.939. The number of rotatable bonds is 6. The molecule has 0 saturated carbocycles. The van der Waals surface area contributed by atoms with Gasteiger partial charge in [0.05, 0.1) is 5.69 Å². The van der Waals surface area contributed by atoms with Crippen molar-refractivity contribution in [2.24, 2.45) is 0 Å². The summed E-state index contributed by atoms with van der Waals surface area (Å²) < 4.78 is 0. The Morgan fingerprint density at radius 3 is 2.52 bits per heavy atom. The highest BCUT2D eigenvalue weighted by Crippen LogP contribution is 2.16. The van der Waals surface area contributed by atoms with Crippen LogP contribution in [0.2, 0.25) is 0 Å². The van der Waals surface area contributed by atoms with E-state index < -0.39 is 0 Å². The molecule has 0 spiro atoms. The number of aryl methyl sites for hydroxylation is 3. The first kappa shape index (κ1) is 14.9. The molecule has 0 bridgehead atoms. The van der Waals surface area contributed by atoms with Gasteiger partial charge in [0.1, 0.15) is 0 Å². The van der Waals surface area contributed by atoms with E-state index in [2.05, 4.69) is 36.3 Å². The summed E-state index contributed by atoms with van der Waals surface area (Å²) in [4.78, 5) is 4.50. The number of benzene rings is 1. The van der Waals surface area contributed by atoms with Crippen molar-refractivity contribution in [3.05, 3.63) is 77.1 Å². The minimum absolute atomic E-state index is 0.911. The number of pyridine rings is 1. The van der Waals surface area contributed by atoms with Crippen molar-refractivity contribution in [2.45, 2.75) is 19.8 Å². The maximum absolute atomic E-state index is 7.47. The molecule has 2 aromatic rings. The summed E-state index contributed by atoms with van der Waals surface area (Å²) in [6, 6.07) is 10.3. The Labute approximate surface area is 126 Å². The molecule has 0 atom stereocenters. The molecule has 2 nitrogen and oxygen atoms in total. The van der Waals surface area contributed by atoms with Gasteiger partial charge in [0.2, 0.25) is 0 Å². The minimum atomic E-state index is 0.911. The second-order valence-electron chi connectivity index (χ2n) is 5.01. The van der Waals surface area contributed by atoms with Crippen molar-refractivity contribution in [1.82, 2.24) is 4.98 Å². The summed E-state index contributed by atoms with van der Waals surface area (Å²) in [7, 11) is 0. The molecule has 0 radical (unpaired) electrons. The van der Waals surface area contributed by atoms with Crippen LogP contribution in [0, 0.1) is 12.3 Å². The molecule has 21 heavy (non-hydrogen) atoms. The molecule has 0 fully saturated rings. The van der Waals surface area contributed by atoms with Gasteiger partial charge in [0.25, 0.3) is 0 Å². The summed E-state index contributed by atoms with van der Waals surface area (Å²) in [5.74, 6) is 0. The summed E-state index contributed by atoms with van der Waals surface area (Å²) in [5.41, 5.74) is 6.31. The molecule has 0 amide bonds. The molecule has 0 saturated heterocycles. The van der Waals surface area contributed by atoms with Crippen LogP contribution in [-0.4, -0.2) is 11.2 Å². The fourth-order valence-electron chi connectivity index (χ4n) is 2.36. The van der Waals surface area contributed by atoms with Crippen molar-refractivity contribution < 1.29 is 0 Å². The van der Waals surface area contributed by atoms with Gasteiger partial charge in [-0.25, -0.2) is 0 Å². The van der Waals surface area contributed by atoms with Crippen LogP contribution in [0.15, 0.2) is 43.5 Å². The number of hydrogen-bond donors (Lipinski definition) is 1. The van der Waals surface area contributed by atoms with Crippen LogP contribution in [0.1, 0.15) is 33.6 Å². The Hall–Kier alpha value is -2.48. The molecule has 1 aromatic carbocycles. The maximum atomic E-state index is 7.47. The lowest BCUT2D eigenvalue weighted by atomic mass is 9.99. The average Bonchev–Trinajstić information content (AvgIpc) is 2.53. The SMILES string of the molecule is C=Cc1ccc(CCc2ccc(C)nc2C=C)cc1C=N. The third-order valence-corrected chi connectivity index (χ3v) is 3.55. The summed E-state index contributed by atoms with van der Waals surface area (Å²) >= 11 is 0. The van der Waals surface area contributed by atoms with E-state index in [4.69, 9.17) is 5.41 Å². The summed E-state index contributed by atoms with van der Waals surface area (Å²) in [6.07, 6.45) is 6.81. The molecular formula is C19H20N2.